The van der Waals surface area contributed by atoms with Gasteiger partial charge in [-0.1, -0.05) is 19.8 Å². The smallest absolute Gasteiger partial charge is 0.0249 e. The van der Waals surface area contributed by atoms with E-state index >= 15 is 0 Å². The molecule has 0 radical (unpaired) electrons. The summed E-state index contributed by atoms with van der Waals surface area (Å²) in [6.45, 7) is 6.11. The molecule has 1 aliphatic carbocycles. The van der Waals surface area contributed by atoms with E-state index in [0.717, 1.165) is 12.1 Å². The minimum atomic E-state index is 0.825. The van der Waals surface area contributed by atoms with Gasteiger partial charge in [-0.25, -0.2) is 0 Å². The molecule has 2 aliphatic rings. The molecule has 2 fully saturated rings. The molecular weight excluding hydrogens is 160 g/mol. The standard InChI is InChI=1S/C11H22N2/c1-2-3-8-13-9-7-12-10-5-4-6-11(10)13/h10-12H,2-9H2,1H3. The van der Waals surface area contributed by atoms with Crippen LogP contribution in [0.2, 0.25) is 0 Å². The molecular formula is C11H22N2. The molecule has 1 saturated carbocycles. The van der Waals surface area contributed by atoms with Crippen molar-refractivity contribution in [2.45, 2.75) is 51.1 Å². The largest absolute Gasteiger partial charge is 0.311 e. The highest BCUT2D eigenvalue weighted by molar-refractivity contribution is 4.93. The van der Waals surface area contributed by atoms with Gasteiger partial charge in [-0.3, -0.25) is 4.90 Å². The van der Waals surface area contributed by atoms with Crippen molar-refractivity contribution in [1.82, 2.24) is 10.2 Å². The van der Waals surface area contributed by atoms with Gasteiger partial charge >= 0.3 is 0 Å². The quantitative estimate of drug-likeness (QED) is 0.713. The van der Waals surface area contributed by atoms with Gasteiger partial charge in [0.2, 0.25) is 0 Å². The van der Waals surface area contributed by atoms with Gasteiger partial charge in [0, 0.05) is 25.2 Å². The van der Waals surface area contributed by atoms with Gasteiger partial charge in [-0.15, -0.1) is 0 Å². The van der Waals surface area contributed by atoms with Crippen LogP contribution in [0.15, 0.2) is 0 Å². The van der Waals surface area contributed by atoms with Crippen molar-refractivity contribution in [2.75, 3.05) is 19.6 Å². The topological polar surface area (TPSA) is 15.3 Å². The van der Waals surface area contributed by atoms with Crippen molar-refractivity contribution in [3.63, 3.8) is 0 Å². The molecule has 0 aromatic carbocycles. The third-order valence-corrected chi connectivity index (χ3v) is 3.55. The highest BCUT2D eigenvalue weighted by atomic mass is 15.2. The number of nitrogens with one attached hydrogen (secondary N) is 1. The maximum atomic E-state index is 3.65. The summed E-state index contributed by atoms with van der Waals surface area (Å²) in [4.78, 5) is 2.72. The Labute approximate surface area is 81.7 Å². The van der Waals surface area contributed by atoms with E-state index < -0.39 is 0 Å². The van der Waals surface area contributed by atoms with Crippen LogP contribution in [0.4, 0.5) is 0 Å². The molecule has 1 N–H and O–H groups in total. The van der Waals surface area contributed by atoms with E-state index in [9.17, 15) is 0 Å². The van der Waals surface area contributed by atoms with Crippen LogP contribution in [0.25, 0.3) is 0 Å². The number of hydrogen-bond acceptors (Lipinski definition) is 2. The molecule has 2 unspecified atom stereocenters. The van der Waals surface area contributed by atoms with E-state index in [1.807, 2.05) is 0 Å². The Bertz CT molecular complexity index is 158. The fourth-order valence-corrected chi connectivity index (χ4v) is 2.81. The lowest BCUT2D eigenvalue weighted by molar-refractivity contribution is 0.135. The van der Waals surface area contributed by atoms with Crippen molar-refractivity contribution < 1.29 is 0 Å². The summed E-state index contributed by atoms with van der Waals surface area (Å²) in [7, 11) is 0. The monoisotopic (exact) mass is 182 g/mol. The molecule has 2 rings (SSSR count). The molecule has 0 aromatic rings. The highest BCUT2D eigenvalue weighted by Crippen LogP contribution is 2.26. The maximum absolute atomic E-state index is 3.65. The van der Waals surface area contributed by atoms with E-state index in [0.29, 0.717) is 0 Å². The zero-order chi connectivity index (χ0) is 9.10. The summed E-state index contributed by atoms with van der Waals surface area (Å²) in [6, 6.07) is 1.70. The molecule has 0 aromatic heterocycles. The summed E-state index contributed by atoms with van der Waals surface area (Å²) in [5.41, 5.74) is 0. The second-order valence-electron chi connectivity index (χ2n) is 4.45. The first-order valence-electron chi connectivity index (χ1n) is 5.89. The van der Waals surface area contributed by atoms with Crippen LogP contribution in [0.3, 0.4) is 0 Å². The Balaban J connectivity index is 1.86. The Kier molecular flexibility index (Phi) is 3.23. The summed E-state index contributed by atoms with van der Waals surface area (Å²) in [5, 5.41) is 3.65. The van der Waals surface area contributed by atoms with Gasteiger partial charge < -0.3 is 5.32 Å². The maximum Gasteiger partial charge on any atom is 0.0249 e. The number of rotatable bonds is 3. The Morgan fingerprint density at radius 2 is 2.31 bits per heavy atom. The van der Waals surface area contributed by atoms with Gasteiger partial charge in [0.05, 0.1) is 0 Å². The van der Waals surface area contributed by atoms with Crippen molar-refractivity contribution in [3.05, 3.63) is 0 Å². The predicted octanol–water partition coefficient (Wildman–Crippen LogP) is 1.61. The Morgan fingerprint density at radius 1 is 1.38 bits per heavy atom. The lowest BCUT2D eigenvalue weighted by atomic mass is 10.1. The van der Waals surface area contributed by atoms with E-state index in [1.165, 1.54) is 51.7 Å². The Morgan fingerprint density at radius 3 is 3.15 bits per heavy atom. The molecule has 0 bridgehead atoms. The molecule has 0 amide bonds. The lowest BCUT2D eigenvalue weighted by Crippen LogP contribution is -2.55. The Hall–Kier alpha value is -0.0800. The van der Waals surface area contributed by atoms with Crippen LogP contribution >= 0.6 is 0 Å². The molecule has 0 spiro atoms. The zero-order valence-corrected chi connectivity index (χ0v) is 8.76. The van der Waals surface area contributed by atoms with Gasteiger partial charge in [0.1, 0.15) is 0 Å². The lowest BCUT2D eigenvalue weighted by Gasteiger charge is -2.38. The van der Waals surface area contributed by atoms with E-state index in [1.54, 1.807) is 0 Å². The second kappa shape index (κ2) is 4.43. The molecule has 1 saturated heterocycles. The van der Waals surface area contributed by atoms with Crippen molar-refractivity contribution in [1.29, 1.82) is 0 Å². The van der Waals surface area contributed by atoms with Gasteiger partial charge in [0.15, 0.2) is 0 Å². The van der Waals surface area contributed by atoms with Crippen LogP contribution in [-0.2, 0) is 0 Å². The van der Waals surface area contributed by atoms with Crippen LogP contribution in [0.1, 0.15) is 39.0 Å². The first-order chi connectivity index (χ1) is 6.42. The van der Waals surface area contributed by atoms with Crippen molar-refractivity contribution in [2.24, 2.45) is 0 Å². The average molecular weight is 182 g/mol. The minimum absolute atomic E-state index is 0.825. The molecule has 1 heterocycles. The molecule has 76 valence electrons. The third-order valence-electron chi connectivity index (χ3n) is 3.55. The number of nitrogens with zero attached hydrogens (tertiary/aromatic N) is 1. The predicted molar refractivity (Wildman–Crippen MR) is 55.9 cm³/mol. The van der Waals surface area contributed by atoms with Crippen molar-refractivity contribution in [3.8, 4) is 0 Å². The third kappa shape index (κ3) is 2.05. The van der Waals surface area contributed by atoms with E-state index in [2.05, 4.69) is 17.1 Å². The normalized spacial score (nSPS) is 34.8. The SMILES string of the molecule is CCCCN1CCNC2CCCC21. The number of fused-ring (bicyclic) bond motifs is 1. The zero-order valence-electron chi connectivity index (χ0n) is 8.76. The summed E-state index contributed by atoms with van der Waals surface area (Å²) in [6.07, 6.45) is 6.99. The van der Waals surface area contributed by atoms with Crippen molar-refractivity contribution >= 4 is 0 Å². The second-order valence-corrected chi connectivity index (χ2v) is 4.45. The number of unbranched alkanes of at least 4 members (excludes halogenated alkanes) is 1. The van der Waals surface area contributed by atoms with Crippen LogP contribution in [0, 0.1) is 0 Å². The van der Waals surface area contributed by atoms with Gasteiger partial charge in [-0.05, 0) is 25.8 Å². The minimum Gasteiger partial charge on any atom is -0.311 e. The first kappa shape index (κ1) is 9.47. The number of hydrogen-bond donors (Lipinski definition) is 1. The summed E-state index contributed by atoms with van der Waals surface area (Å²) < 4.78 is 0. The number of piperazine rings is 1. The fraction of sp³-hybridized carbons (Fsp3) is 1.00. The van der Waals surface area contributed by atoms with E-state index in [4.69, 9.17) is 0 Å². The van der Waals surface area contributed by atoms with E-state index in [-0.39, 0.29) is 0 Å². The molecule has 2 heteroatoms. The molecule has 2 nitrogen and oxygen atoms in total. The summed E-state index contributed by atoms with van der Waals surface area (Å²) in [5.74, 6) is 0. The summed E-state index contributed by atoms with van der Waals surface area (Å²) >= 11 is 0. The van der Waals surface area contributed by atoms with Gasteiger partial charge in [-0.2, -0.15) is 0 Å². The van der Waals surface area contributed by atoms with Crippen LogP contribution in [0.5, 0.6) is 0 Å². The molecule has 13 heavy (non-hydrogen) atoms. The van der Waals surface area contributed by atoms with Crippen LogP contribution in [-0.4, -0.2) is 36.6 Å². The van der Waals surface area contributed by atoms with Crippen LogP contribution < -0.4 is 5.32 Å². The molecule has 1 aliphatic heterocycles. The fourth-order valence-electron chi connectivity index (χ4n) is 2.81. The average Bonchev–Trinajstić information content (AvgIpc) is 2.62. The van der Waals surface area contributed by atoms with Gasteiger partial charge in [0.25, 0.3) is 0 Å². The molecule has 2 atom stereocenters. The first-order valence-corrected chi connectivity index (χ1v) is 5.89. The highest BCUT2D eigenvalue weighted by Gasteiger charge is 2.33.